The summed E-state index contributed by atoms with van der Waals surface area (Å²) in [7, 11) is -2.33. The van der Waals surface area contributed by atoms with E-state index in [0.717, 1.165) is 50.8 Å². The summed E-state index contributed by atoms with van der Waals surface area (Å²) in [4.78, 5) is 4.65. The van der Waals surface area contributed by atoms with Crippen LogP contribution in [0.5, 0.6) is 5.75 Å². The lowest BCUT2D eigenvalue weighted by atomic mass is 10.0. The normalized spacial score (nSPS) is 12.5. The molecule has 3 rings (SSSR count). The molecule has 2 heterocycles. The summed E-state index contributed by atoms with van der Waals surface area (Å²) in [6.45, 7) is 17.7. The number of aryl methyl sites for hydroxylation is 1. The first-order valence-electron chi connectivity index (χ1n) is 12.5. The highest BCUT2D eigenvalue weighted by Crippen LogP contribution is 2.32. The quantitative estimate of drug-likeness (QED) is 0.0841. The minimum atomic E-state index is -1.17. The Morgan fingerprint density at radius 3 is 2.28 bits per heavy atom. The first-order chi connectivity index (χ1) is 16.9. The van der Waals surface area contributed by atoms with Crippen molar-refractivity contribution < 1.29 is 18.6 Å². The van der Waals surface area contributed by atoms with Gasteiger partial charge in [0.2, 0.25) is 0 Å². The van der Waals surface area contributed by atoms with Crippen molar-refractivity contribution >= 4 is 49.6 Å². The number of pyridine rings is 1. The molecule has 0 aliphatic carbocycles. The molecule has 0 aliphatic heterocycles. The summed E-state index contributed by atoms with van der Waals surface area (Å²) in [5.41, 5.74) is 3.35. The lowest BCUT2D eigenvalue weighted by Crippen LogP contribution is -2.22. The lowest BCUT2D eigenvalue weighted by molar-refractivity contribution is 0.0197. The molecule has 0 bridgehead atoms. The number of halogens is 2. The van der Waals surface area contributed by atoms with Crippen molar-refractivity contribution in [3.8, 4) is 17.0 Å². The molecule has 0 saturated heterocycles. The number of ether oxygens (including phenoxy) is 3. The average molecular weight is 644 g/mol. The monoisotopic (exact) mass is 643 g/mol. The van der Waals surface area contributed by atoms with Crippen LogP contribution in [0.25, 0.3) is 22.2 Å². The van der Waals surface area contributed by atoms with Gasteiger partial charge >= 0.3 is 0 Å². The van der Waals surface area contributed by atoms with Gasteiger partial charge in [0.25, 0.3) is 0 Å². The molecule has 10 heteroatoms. The number of fused-ring (bicyclic) bond motifs is 1. The van der Waals surface area contributed by atoms with E-state index in [2.05, 4.69) is 72.0 Å². The van der Waals surface area contributed by atoms with Crippen LogP contribution in [0.1, 0.15) is 12.5 Å². The molecule has 0 fully saturated rings. The summed E-state index contributed by atoms with van der Waals surface area (Å²) in [5.74, 6) is -0.212. The van der Waals surface area contributed by atoms with Gasteiger partial charge in [-0.05, 0) is 64.9 Å². The minimum Gasteiger partial charge on any atom is -0.464 e. The SMILES string of the molecule is CCc1cc(OCOCC[Si](C)(C)C)c(F)cc1-c1cc2c(cn1)c(I)nn2COCC[Si](C)(C)C. The molecule has 2 aromatic heterocycles. The summed E-state index contributed by atoms with van der Waals surface area (Å²) >= 11 is 2.22. The number of hydrogen-bond donors (Lipinski definition) is 0. The fraction of sp³-hybridized carbons (Fsp3) is 0.538. The van der Waals surface area contributed by atoms with Gasteiger partial charge in [0, 0.05) is 41.1 Å². The molecule has 6 nitrogen and oxygen atoms in total. The molecule has 36 heavy (non-hydrogen) atoms. The van der Waals surface area contributed by atoms with Crippen molar-refractivity contribution in [3.05, 3.63) is 39.5 Å². The molecule has 0 radical (unpaired) electrons. The maximum atomic E-state index is 15.0. The Labute approximate surface area is 230 Å². The second-order valence-electron chi connectivity index (χ2n) is 11.5. The Hall–Kier alpha value is -1.35. The van der Waals surface area contributed by atoms with E-state index < -0.39 is 22.0 Å². The zero-order valence-electron chi connectivity index (χ0n) is 22.6. The van der Waals surface area contributed by atoms with Gasteiger partial charge in [0.15, 0.2) is 18.4 Å². The molecule has 0 amide bonds. The van der Waals surface area contributed by atoms with Crippen LogP contribution in [0, 0.1) is 9.52 Å². The zero-order valence-corrected chi connectivity index (χ0v) is 26.7. The van der Waals surface area contributed by atoms with Gasteiger partial charge in [-0.25, -0.2) is 9.07 Å². The number of hydrogen-bond acceptors (Lipinski definition) is 5. The van der Waals surface area contributed by atoms with E-state index in [1.165, 1.54) is 6.07 Å². The van der Waals surface area contributed by atoms with Crippen molar-refractivity contribution in [3.63, 3.8) is 0 Å². The molecule has 0 aliphatic rings. The molecule has 0 unspecified atom stereocenters. The highest BCUT2D eigenvalue weighted by Gasteiger charge is 2.17. The molecule has 3 aromatic rings. The lowest BCUT2D eigenvalue weighted by Gasteiger charge is -2.16. The van der Waals surface area contributed by atoms with Crippen LogP contribution >= 0.6 is 22.6 Å². The Bertz CT molecular complexity index is 1180. The number of nitrogens with zero attached hydrogens (tertiary/aromatic N) is 3. The molecule has 198 valence electrons. The molecule has 0 atom stereocenters. The number of aromatic nitrogens is 3. The molecule has 0 N–H and O–H groups in total. The predicted molar refractivity (Wildman–Crippen MR) is 159 cm³/mol. The Morgan fingerprint density at radius 2 is 1.64 bits per heavy atom. The first kappa shape index (κ1) is 29.2. The molecular weight excluding hydrogens is 604 g/mol. The zero-order chi connectivity index (χ0) is 26.5. The Balaban J connectivity index is 1.78. The first-order valence-corrected chi connectivity index (χ1v) is 21.0. The molecule has 0 spiro atoms. The summed E-state index contributed by atoms with van der Waals surface area (Å²) in [6, 6.07) is 7.40. The van der Waals surface area contributed by atoms with Crippen molar-refractivity contribution in [2.24, 2.45) is 0 Å². The second kappa shape index (κ2) is 12.5. The fourth-order valence-electron chi connectivity index (χ4n) is 3.59. The largest absolute Gasteiger partial charge is 0.464 e. The van der Waals surface area contributed by atoms with Gasteiger partial charge in [-0.2, -0.15) is 5.10 Å². The van der Waals surface area contributed by atoms with E-state index in [-0.39, 0.29) is 12.5 Å². The average Bonchev–Trinajstić information content (AvgIpc) is 3.10. The number of rotatable bonds is 13. The van der Waals surface area contributed by atoms with Crippen molar-refractivity contribution in [2.75, 3.05) is 20.0 Å². The maximum absolute atomic E-state index is 15.0. The molecular formula is C26H39FIN3O3Si2. The minimum absolute atomic E-state index is 0.0451. The highest BCUT2D eigenvalue weighted by atomic mass is 127. The predicted octanol–water partition coefficient (Wildman–Crippen LogP) is 7.41. The molecule has 0 saturated carbocycles. The number of benzene rings is 1. The van der Waals surface area contributed by atoms with E-state index in [4.69, 9.17) is 14.2 Å². The smallest absolute Gasteiger partial charge is 0.189 e. The topological polar surface area (TPSA) is 58.4 Å². The Kier molecular flexibility index (Phi) is 10.1. The van der Waals surface area contributed by atoms with E-state index >= 15 is 4.39 Å². The van der Waals surface area contributed by atoms with Crippen LogP contribution in [-0.4, -0.2) is 50.9 Å². The van der Waals surface area contributed by atoms with Gasteiger partial charge < -0.3 is 14.2 Å². The van der Waals surface area contributed by atoms with Crippen LogP contribution < -0.4 is 4.74 Å². The maximum Gasteiger partial charge on any atom is 0.189 e. The standard InChI is InChI=1S/C26H39FIN3O3Si2/c1-8-19-13-25(34-18-33-10-12-36(5,6)7)22(27)14-20(19)23-15-24-21(16-29-23)26(28)30-31(24)17-32-9-11-35(2,3)4/h13-16H,8-12,17-18H2,1-7H3. The second-order valence-corrected chi connectivity index (χ2v) is 23.8. The van der Waals surface area contributed by atoms with E-state index in [9.17, 15) is 0 Å². The molecule has 1 aromatic carbocycles. The third kappa shape index (κ3) is 8.33. The van der Waals surface area contributed by atoms with Gasteiger partial charge in [0.05, 0.1) is 16.6 Å². The van der Waals surface area contributed by atoms with Gasteiger partial charge in [0.1, 0.15) is 10.4 Å². The van der Waals surface area contributed by atoms with Gasteiger partial charge in [-0.3, -0.25) is 4.98 Å². The third-order valence-corrected chi connectivity index (χ3v) is 10.1. The van der Waals surface area contributed by atoms with Crippen molar-refractivity contribution in [1.82, 2.24) is 14.8 Å². The van der Waals surface area contributed by atoms with Crippen LogP contribution in [0.3, 0.4) is 0 Å². The van der Waals surface area contributed by atoms with Gasteiger partial charge in [-0.15, -0.1) is 0 Å². The summed E-state index contributed by atoms with van der Waals surface area (Å²) < 4.78 is 34.9. The van der Waals surface area contributed by atoms with Crippen LogP contribution in [0.4, 0.5) is 4.39 Å². The fourth-order valence-corrected chi connectivity index (χ4v) is 5.77. The van der Waals surface area contributed by atoms with Crippen molar-refractivity contribution in [1.29, 1.82) is 0 Å². The van der Waals surface area contributed by atoms with Crippen LogP contribution in [-0.2, 0) is 22.6 Å². The van der Waals surface area contributed by atoms with E-state index in [0.29, 0.717) is 19.0 Å². The van der Waals surface area contributed by atoms with Crippen LogP contribution in [0.15, 0.2) is 24.4 Å². The summed E-state index contributed by atoms with van der Waals surface area (Å²) in [5, 5.41) is 5.60. The van der Waals surface area contributed by atoms with Crippen LogP contribution in [0.2, 0.25) is 51.4 Å². The summed E-state index contributed by atoms with van der Waals surface area (Å²) in [6.07, 6.45) is 2.53. The third-order valence-electron chi connectivity index (χ3n) is 5.91. The Morgan fingerprint density at radius 1 is 0.972 bits per heavy atom. The van der Waals surface area contributed by atoms with E-state index in [1.807, 2.05) is 23.9 Å². The van der Waals surface area contributed by atoms with Gasteiger partial charge in [-0.1, -0.05) is 46.2 Å². The van der Waals surface area contributed by atoms with Crippen molar-refractivity contribution in [2.45, 2.75) is 71.4 Å². The van der Waals surface area contributed by atoms with E-state index in [1.54, 1.807) is 6.07 Å². The highest BCUT2D eigenvalue weighted by molar-refractivity contribution is 14.1.